The van der Waals surface area contributed by atoms with Gasteiger partial charge in [-0.25, -0.2) is 13.1 Å². The van der Waals surface area contributed by atoms with Crippen molar-refractivity contribution in [1.29, 1.82) is 0 Å². The first-order valence-electron chi connectivity index (χ1n) is 8.53. The lowest BCUT2D eigenvalue weighted by Gasteiger charge is -2.22. The summed E-state index contributed by atoms with van der Waals surface area (Å²) in [5.74, 6) is 0.246. The first kappa shape index (κ1) is 19.1. The summed E-state index contributed by atoms with van der Waals surface area (Å²) < 4.78 is 28.0. The number of sulfonamides is 1. The van der Waals surface area contributed by atoms with Gasteiger partial charge >= 0.3 is 0 Å². The van der Waals surface area contributed by atoms with E-state index in [-0.39, 0.29) is 22.2 Å². The zero-order chi connectivity index (χ0) is 19.1. The molecule has 9 heteroatoms. The Balaban J connectivity index is 1.71. The van der Waals surface area contributed by atoms with Gasteiger partial charge in [0.15, 0.2) is 0 Å². The minimum Gasteiger partial charge on any atom is -0.346 e. The molecule has 0 unspecified atom stereocenters. The Morgan fingerprint density at radius 1 is 1.35 bits per heavy atom. The third kappa shape index (κ3) is 3.99. The van der Waals surface area contributed by atoms with Crippen molar-refractivity contribution in [2.75, 3.05) is 7.05 Å². The first-order chi connectivity index (χ1) is 12.1. The minimum atomic E-state index is -3.45. The van der Waals surface area contributed by atoms with Crippen molar-refractivity contribution in [3.63, 3.8) is 0 Å². The molecule has 2 N–H and O–H groups in total. The summed E-state index contributed by atoms with van der Waals surface area (Å²) in [7, 11) is -2.07. The molecule has 0 aliphatic heterocycles. The van der Waals surface area contributed by atoms with E-state index in [1.165, 1.54) is 13.1 Å². The topological polar surface area (TPSA) is 93.1 Å². The highest BCUT2D eigenvalue weighted by Crippen LogP contribution is 2.41. The number of aromatic nitrogens is 2. The molecule has 1 fully saturated rings. The van der Waals surface area contributed by atoms with Crippen molar-refractivity contribution >= 4 is 27.3 Å². The van der Waals surface area contributed by atoms with Gasteiger partial charge in [0.05, 0.1) is 12.1 Å². The third-order valence-corrected chi connectivity index (χ3v) is 7.19. The molecule has 142 valence electrons. The number of amides is 1. The normalized spacial score (nSPS) is 15.2. The Morgan fingerprint density at radius 2 is 2.04 bits per heavy atom. The number of carbonyl (C=O) groups is 1. The van der Waals surface area contributed by atoms with E-state index in [4.69, 9.17) is 0 Å². The van der Waals surface area contributed by atoms with E-state index in [1.807, 2.05) is 10.7 Å². The van der Waals surface area contributed by atoms with Crippen LogP contribution in [0.3, 0.4) is 0 Å². The van der Waals surface area contributed by atoms with Gasteiger partial charge in [-0.15, -0.1) is 11.3 Å². The second-order valence-corrected chi connectivity index (χ2v) is 10.7. The van der Waals surface area contributed by atoms with E-state index in [2.05, 4.69) is 35.9 Å². The number of nitrogens with one attached hydrogen (secondary N) is 2. The van der Waals surface area contributed by atoms with Gasteiger partial charge in [0.1, 0.15) is 9.90 Å². The van der Waals surface area contributed by atoms with Crippen LogP contribution in [-0.2, 0) is 22.1 Å². The summed E-state index contributed by atoms with van der Waals surface area (Å²) in [4.78, 5) is 13.3. The van der Waals surface area contributed by atoms with Crippen molar-refractivity contribution < 1.29 is 13.2 Å². The molecule has 0 aromatic carbocycles. The fourth-order valence-electron chi connectivity index (χ4n) is 2.67. The molecule has 3 rings (SSSR count). The molecule has 0 bridgehead atoms. The van der Waals surface area contributed by atoms with Gasteiger partial charge in [0.2, 0.25) is 10.0 Å². The quantitative estimate of drug-likeness (QED) is 0.784. The lowest BCUT2D eigenvalue weighted by molar-refractivity contribution is 0.0944. The van der Waals surface area contributed by atoms with Gasteiger partial charge in [-0.2, -0.15) is 5.10 Å². The zero-order valence-electron chi connectivity index (χ0n) is 15.4. The highest BCUT2D eigenvalue weighted by molar-refractivity contribution is 7.91. The van der Waals surface area contributed by atoms with E-state index < -0.39 is 10.0 Å². The Hall–Kier alpha value is -1.71. The minimum absolute atomic E-state index is 0.180. The largest absolute Gasteiger partial charge is 0.346 e. The van der Waals surface area contributed by atoms with Crippen LogP contribution < -0.4 is 10.0 Å². The van der Waals surface area contributed by atoms with Crippen LogP contribution in [0.2, 0.25) is 0 Å². The fourth-order valence-corrected chi connectivity index (χ4v) is 4.80. The standard InChI is InChI=1S/C17H24N4O3S2/c1-17(2,3)21-14(11-5-6-11)9-13(20-21)16(22)19-10-12-7-8-15(25-12)26(23,24)18-4/h7-9,11,18H,5-6,10H2,1-4H3,(H,19,22). The maximum atomic E-state index is 12.5. The molecule has 1 saturated carbocycles. The molecule has 1 amide bonds. The van der Waals surface area contributed by atoms with E-state index >= 15 is 0 Å². The van der Waals surface area contributed by atoms with Gasteiger partial charge in [0.25, 0.3) is 5.91 Å². The fraction of sp³-hybridized carbons (Fsp3) is 0.529. The van der Waals surface area contributed by atoms with Crippen LogP contribution in [0, 0.1) is 0 Å². The van der Waals surface area contributed by atoms with E-state index in [0.29, 0.717) is 11.6 Å². The second-order valence-electron chi connectivity index (χ2n) is 7.42. The summed E-state index contributed by atoms with van der Waals surface area (Å²) in [5, 5.41) is 7.34. The van der Waals surface area contributed by atoms with Crippen molar-refractivity contribution in [1.82, 2.24) is 19.8 Å². The summed E-state index contributed by atoms with van der Waals surface area (Å²) >= 11 is 1.14. The van der Waals surface area contributed by atoms with Crippen LogP contribution in [0.4, 0.5) is 0 Å². The maximum absolute atomic E-state index is 12.5. The van der Waals surface area contributed by atoms with E-state index in [1.54, 1.807) is 6.07 Å². The maximum Gasteiger partial charge on any atom is 0.272 e. The Bertz CT molecular complexity index is 918. The Kier molecular flexibility index (Phi) is 4.98. The average Bonchev–Trinajstić information content (AvgIpc) is 3.12. The summed E-state index contributed by atoms with van der Waals surface area (Å²) in [5.41, 5.74) is 1.34. The van der Waals surface area contributed by atoms with Crippen LogP contribution in [-0.4, -0.2) is 31.2 Å². The van der Waals surface area contributed by atoms with Crippen LogP contribution in [0.15, 0.2) is 22.4 Å². The average molecular weight is 397 g/mol. The van der Waals surface area contributed by atoms with Crippen molar-refractivity contribution in [3.8, 4) is 0 Å². The Morgan fingerprint density at radius 3 is 2.62 bits per heavy atom. The zero-order valence-corrected chi connectivity index (χ0v) is 17.0. The molecular formula is C17H24N4O3S2. The van der Waals surface area contributed by atoms with E-state index in [0.717, 1.165) is 34.7 Å². The van der Waals surface area contributed by atoms with E-state index in [9.17, 15) is 13.2 Å². The number of hydrogen-bond donors (Lipinski definition) is 2. The van der Waals surface area contributed by atoms with Gasteiger partial charge < -0.3 is 5.32 Å². The number of rotatable bonds is 6. The monoisotopic (exact) mass is 396 g/mol. The smallest absolute Gasteiger partial charge is 0.272 e. The Labute approximate surface area is 157 Å². The summed E-state index contributed by atoms with van der Waals surface area (Å²) in [6.07, 6.45) is 2.28. The molecule has 0 radical (unpaired) electrons. The molecule has 0 spiro atoms. The molecular weight excluding hydrogens is 372 g/mol. The summed E-state index contributed by atoms with van der Waals surface area (Å²) in [6.45, 7) is 6.48. The molecule has 0 saturated heterocycles. The van der Waals surface area contributed by atoms with Gasteiger partial charge in [-0.3, -0.25) is 9.48 Å². The number of hydrogen-bond acceptors (Lipinski definition) is 5. The lowest BCUT2D eigenvalue weighted by Crippen LogP contribution is -2.27. The van der Waals surface area contributed by atoms with Crippen LogP contribution in [0.5, 0.6) is 0 Å². The second kappa shape index (κ2) is 6.79. The highest BCUT2D eigenvalue weighted by Gasteiger charge is 2.32. The number of carbonyl (C=O) groups excluding carboxylic acids is 1. The molecule has 0 atom stereocenters. The molecule has 26 heavy (non-hydrogen) atoms. The molecule has 2 heterocycles. The van der Waals surface area contributed by atoms with Gasteiger partial charge in [0, 0.05) is 16.5 Å². The van der Waals surface area contributed by atoms with Crippen LogP contribution >= 0.6 is 11.3 Å². The van der Waals surface area contributed by atoms with Crippen molar-refractivity contribution in [2.45, 2.75) is 55.8 Å². The lowest BCUT2D eigenvalue weighted by atomic mass is 10.1. The van der Waals surface area contributed by atoms with Crippen molar-refractivity contribution in [2.24, 2.45) is 0 Å². The molecule has 2 aromatic rings. The predicted octanol–water partition coefficient (Wildman–Crippen LogP) is 2.42. The molecule has 1 aliphatic rings. The SMILES string of the molecule is CNS(=O)(=O)c1ccc(CNC(=O)c2cc(C3CC3)n(C(C)(C)C)n2)s1. The van der Waals surface area contributed by atoms with Crippen LogP contribution in [0.1, 0.15) is 60.6 Å². The number of thiophene rings is 1. The van der Waals surface area contributed by atoms with Gasteiger partial charge in [-0.05, 0) is 58.9 Å². The molecule has 2 aromatic heterocycles. The third-order valence-electron chi connectivity index (χ3n) is 4.19. The molecule has 7 nitrogen and oxygen atoms in total. The number of nitrogens with zero attached hydrogens (tertiary/aromatic N) is 2. The predicted molar refractivity (Wildman–Crippen MR) is 101 cm³/mol. The highest BCUT2D eigenvalue weighted by atomic mass is 32.2. The molecule has 1 aliphatic carbocycles. The van der Waals surface area contributed by atoms with Crippen molar-refractivity contribution in [3.05, 3.63) is 34.5 Å². The van der Waals surface area contributed by atoms with Crippen LogP contribution in [0.25, 0.3) is 0 Å². The first-order valence-corrected chi connectivity index (χ1v) is 10.8. The van der Waals surface area contributed by atoms with Gasteiger partial charge in [-0.1, -0.05) is 0 Å². The summed E-state index contributed by atoms with van der Waals surface area (Å²) in [6, 6.07) is 5.12.